The van der Waals surface area contributed by atoms with Gasteiger partial charge in [0.1, 0.15) is 18.1 Å². The van der Waals surface area contributed by atoms with E-state index in [1.165, 1.54) is 7.11 Å². The van der Waals surface area contributed by atoms with E-state index in [1.807, 2.05) is 31.2 Å². The molecule has 0 aromatic heterocycles. The van der Waals surface area contributed by atoms with Crippen LogP contribution in [-0.2, 0) is 19.1 Å². The third kappa shape index (κ3) is 4.48. The summed E-state index contributed by atoms with van der Waals surface area (Å²) in [5.41, 5.74) is 3.73. The number of hydrogen-bond acceptors (Lipinski definition) is 6. The van der Waals surface area contributed by atoms with Crippen molar-refractivity contribution in [1.82, 2.24) is 5.32 Å². The number of benzene rings is 1. The van der Waals surface area contributed by atoms with E-state index in [4.69, 9.17) is 14.2 Å². The van der Waals surface area contributed by atoms with Crippen molar-refractivity contribution >= 4 is 11.8 Å². The number of para-hydroxylation sites is 1. The first-order valence-electron chi connectivity index (χ1n) is 9.86. The van der Waals surface area contributed by atoms with E-state index in [0.717, 1.165) is 17.0 Å². The van der Waals surface area contributed by atoms with Crippen LogP contribution >= 0.6 is 0 Å². The van der Waals surface area contributed by atoms with Crippen LogP contribution in [0.4, 0.5) is 0 Å². The fraction of sp³-hybridized carbons (Fsp3) is 0.333. The summed E-state index contributed by atoms with van der Waals surface area (Å²) in [5.74, 6) is 0.899. The van der Waals surface area contributed by atoms with Crippen molar-refractivity contribution in [3.63, 3.8) is 0 Å². The monoisotopic (exact) mass is 409 g/mol. The van der Waals surface area contributed by atoms with E-state index < -0.39 is 5.97 Å². The number of ether oxygens (including phenoxy) is 3. The van der Waals surface area contributed by atoms with Gasteiger partial charge in [0.05, 0.1) is 19.8 Å². The van der Waals surface area contributed by atoms with Crippen LogP contribution < -0.4 is 10.1 Å². The molecule has 1 aromatic rings. The van der Waals surface area contributed by atoms with Crippen molar-refractivity contribution in [2.75, 3.05) is 20.8 Å². The van der Waals surface area contributed by atoms with Gasteiger partial charge in [-0.2, -0.15) is 0 Å². The van der Waals surface area contributed by atoms with Crippen molar-refractivity contribution in [2.24, 2.45) is 0 Å². The summed E-state index contributed by atoms with van der Waals surface area (Å²) in [4.78, 5) is 25.5. The van der Waals surface area contributed by atoms with Gasteiger partial charge in [0.15, 0.2) is 5.78 Å². The number of ketones is 1. The molecule has 0 saturated heterocycles. The van der Waals surface area contributed by atoms with Crippen LogP contribution in [0.3, 0.4) is 0 Å². The highest BCUT2D eigenvalue weighted by Gasteiger charge is 2.34. The molecule has 0 fully saturated rings. The minimum absolute atomic E-state index is 0.00780. The van der Waals surface area contributed by atoms with Crippen LogP contribution in [0.5, 0.6) is 5.75 Å². The average Bonchev–Trinajstić information content (AvgIpc) is 2.75. The van der Waals surface area contributed by atoms with Gasteiger partial charge in [0, 0.05) is 35.7 Å². The molecule has 0 bridgehead atoms. The molecular formula is C24H27NO5. The number of carbonyl (C=O) groups excluding carboxylic acids is 2. The van der Waals surface area contributed by atoms with E-state index in [-0.39, 0.29) is 24.7 Å². The van der Waals surface area contributed by atoms with Crippen molar-refractivity contribution in [2.45, 2.75) is 32.1 Å². The molecule has 1 aromatic carbocycles. The smallest absolute Gasteiger partial charge is 0.336 e. The van der Waals surface area contributed by atoms with Gasteiger partial charge >= 0.3 is 5.97 Å². The Labute approximate surface area is 176 Å². The SMILES string of the molecule is C=C/C=C(/COC(=O)C1=C(C)NC2=C(C1)C(=O)C[C@H](c1ccccc1OC)C2)OC. The number of rotatable bonds is 7. The number of allylic oxidation sites excluding steroid dienone is 5. The molecule has 30 heavy (non-hydrogen) atoms. The lowest BCUT2D eigenvalue weighted by atomic mass is 9.78. The number of nitrogens with one attached hydrogen (secondary N) is 1. The highest BCUT2D eigenvalue weighted by atomic mass is 16.6. The Morgan fingerprint density at radius 3 is 2.73 bits per heavy atom. The summed E-state index contributed by atoms with van der Waals surface area (Å²) < 4.78 is 16.0. The summed E-state index contributed by atoms with van der Waals surface area (Å²) in [6.07, 6.45) is 4.55. The maximum Gasteiger partial charge on any atom is 0.336 e. The van der Waals surface area contributed by atoms with Crippen molar-refractivity contribution < 1.29 is 23.8 Å². The lowest BCUT2D eigenvalue weighted by Crippen LogP contribution is -2.31. The number of hydrogen-bond donors (Lipinski definition) is 1. The first-order valence-corrected chi connectivity index (χ1v) is 9.86. The van der Waals surface area contributed by atoms with Crippen LogP contribution in [0.25, 0.3) is 0 Å². The molecule has 0 amide bonds. The predicted molar refractivity (Wildman–Crippen MR) is 114 cm³/mol. The minimum Gasteiger partial charge on any atom is -0.497 e. The Balaban J connectivity index is 1.74. The molecule has 1 N–H and O–H groups in total. The maximum atomic E-state index is 12.9. The molecule has 6 nitrogen and oxygen atoms in total. The van der Waals surface area contributed by atoms with E-state index in [9.17, 15) is 9.59 Å². The molecule has 158 valence electrons. The number of carbonyl (C=O) groups is 2. The zero-order chi connectivity index (χ0) is 21.7. The largest absolute Gasteiger partial charge is 0.497 e. The van der Waals surface area contributed by atoms with Crippen LogP contribution in [0.2, 0.25) is 0 Å². The third-order valence-corrected chi connectivity index (χ3v) is 5.46. The fourth-order valence-electron chi connectivity index (χ4n) is 3.88. The molecule has 0 spiro atoms. The van der Waals surface area contributed by atoms with E-state index in [1.54, 1.807) is 19.3 Å². The van der Waals surface area contributed by atoms with E-state index >= 15 is 0 Å². The van der Waals surface area contributed by atoms with Gasteiger partial charge in [0.25, 0.3) is 0 Å². The third-order valence-electron chi connectivity index (χ3n) is 5.46. The summed E-state index contributed by atoms with van der Waals surface area (Å²) >= 11 is 0. The lowest BCUT2D eigenvalue weighted by Gasteiger charge is -2.32. The first kappa shape index (κ1) is 21.4. The van der Waals surface area contributed by atoms with Crippen LogP contribution in [-0.4, -0.2) is 32.6 Å². The molecule has 1 aliphatic heterocycles. The molecule has 0 unspecified atom stereocenters. The maximum absolute atomic E-state index is 12.9. The van der Waals surface area contributed by atoms with Gasteiger partial charge in [-0.3, -0.25) is 4.79 Å². The highest BCUT2D eigenvalue weighted by molar-refractivity contribution is 6.01. The molecule has 3 rings (SSSR count). The van der Waals surface area contributed by atoms with Crippen LogP contribution in [0.15, 0.2) is 71.3 Å². The van der Waals surface area contributed by atoms with Crippen LogP contribution in [0, 0.1) is 0 Å². The second-order valence-corrected chi connectivity index (χ2v) is 7.28. The zero-order valence-electron chi connectivity index (χ0n) is 17.6. The normalized spacial score (nSPS) is 19.1. The highest BCUT2D eigenvalue weighted by Crippen LogP contribution is 2.41. The molecule has 2 aliphatic rings. The summed E-state index contributed by atoms with van der Waals surface area (Å²) in [6, 6.07) is 7.78. The van der Waals surface area contributed by atoms with Gasteiger partial charge < -0.3 is 19.5 Å². The summed E-state index contributed by atoms with van der Waals surface area (Å²) in [6.45, 7) is 5.44. The first-order chi connectivity index (χ1) is 14.5. The second kappa shape index (κ2) is 9.48. The molecule has 0 radical (unpaired) electrons. The molecule has 6 heteroatoms. The predicted octanol–water partition coefficient (Wildman–Crippen LogP) is 3.92. The van der Waals surface area contributed by atoms with E-state index in [0.29, 0.717) is 35.4 Å². The topological polar surface area (TPSA) is 73.9 Å². The molecule has 1 atom stereocenters. The van der Waals surface area contributed by atoms with Gasteiger partial charge in [-0.25, -0.2) is 4.79 Å². The van der Waals surface area contributed by atoms with Crippen LogP contribution in [0.1, 0.15) is 37.7 Å². The molecular weight excluding hydrogens is 382 g/mol. The van der Waals surface area contributed by atoms with Crippen molar-refractivity contribution in [1.29, 1.82) is 0 Å². The number of esters is 1. The Morgan fingerprint density at radius 2 is 2.03 bits per heavy atom. The standard InChI is InChI=1S/C24H27NO5/c1-5-8-17(28-3)14-30-24(27)19-13-20-21(25-15(19)2)11-16(12-22(20)26)18-9-6-7-10-23(18)29-4/h5-10,16,25H,1,11-14H2,2-4H3/b17-8-/t16-/m1/s1. The number of methoxy groups -OCH3 is 2. The van der Waals surface area contributed by atoms with Gasteiger partial charge in [-0.05, 0) is 31.1 Å². The summed E-state index contributed by atoms with van der Waals surface area (Å²) in [7, 11) is 3.14. The van der Waals surface area contributed by atoms with Gasteiger partial charge in [0.2, 0.25) is 0 Å². The van der Waals surface area contributed by atoms with Gasteiger partial charge in [-0.15, -0.1) is 0 Å². The van der Waals surface area contributed by atoms with E-state index in [2.05, 4.69) is 11.9 Å². The Morgan fingerprint density at radius 1 is 1.27 bits per heavy atom. The van der Waals surface area contributed by atoms with Gasteiger partial charge in [-0.1, -0.05) is 30.9 Å². The Bertz CT molecular complexity index is 954. The second-order valence-electron chi connectivity index (χ2n) is 7.28. The lowest BCUT2D eigenvalue weighted by molar-refractivity contribution is -0.139. The van der Waals surface area contributed by atoms with Crippen molar-refractivity contribution in [3.8, 4) is 5.75 Å². The average molecular weight is 409 g/mol. The quantitative estimate of drug-likeness (QED) is 0.418. The zero-order valence-corrected chi connectivity index (χ0v) is 17.6. The molecule has 0 saturated carbocycles. The number of Topliss-reactive ketones (excluding diaryl/α,β-unsaturated/α-hetero) is 1. The minimum atomic E-state index is -0.460. The Hall–Kier alpha value is -3.28. The Kier molecular flexibility index (Phi) is 6.77. The molecule has 1 heterocycles. The summed E-state index contributed by atoms with van der Waals surface area (Å²) in [5, 5.41) is 3.28. The number of dihydropyridines is 1. The van der Waals surface area contributed by atoms with Crippen molar-refractivity contribution in [3.05, 3.63) is 76.9 Å². The molecule has 1 aliphatic carbocycles. The fourth-order valence-corrected chi connectivity index (χ4v) is 3.88.